The van der Waals surface area contributed by atoms with Gasteiger partial charge in [-0.2, -0.15) is 13.2 Å². The van der Waals surface area contributed by atoms with Crippen LogP contribution in [0.25, 0.3) is 0 Å². The third kappa shape index (κ3) is 2.52. The second-order valence-electron chi connectivity index (χ2n) is 4.23. The number of alkyl halides is 3. The van der Waals surface area contributed by atoms with Gasteiger partial charge in [0.05, 0.1) is 12.2 Å². The van der Waals surface area contributed by atoms with Crippen LogP contribution in [0.4, 0.5) is 17.6 Å². The maximum absolute atomic E-state index is 13.0. The molecule has 0 aliphatic carbocycles. The van der Waals surface area contributed by atoms with Crippen LogP contribution in [-0.4, -0.2) is 11.7 Å². The third-order valence-corrected chi connectivity index (χ3v) is 2.45. The molecular formula is C11H12F4O. The van der Waals surface area contributed by atoms with Gasteiger partial charge in [-0.15, -0.1) is 0 Å². The second-order valence-corrected chi connectivity index (χ2v) is 4.23. The van der Waals surface area contributed by atoms with Crippen molar-refractivity contribution < 1.29 is 22.7 Å². The Morgan fingerprint density at radius 3 is 2.19 bits per heavy atom. The summed E-state index contributed by atoms with van der Waals surface area (Å²) in [5.74, 6) is -1.30. The molecule has 0 aromatic heterocycles. The van der Waals surface area contributed by atoms with Crippen LogP contribution in [-0.2, 0) is 11.6 Å². The number of benzene rings is 1. The quantitative estimate of drug-likeness (QED) is 0.782. The molecule has 0 aliphatic heterocycles. The van der Waals surface area contributed by atoms with E-state index in [0.29, 0.717) is 0 Å². The summed E-state index contributed by atoms with van der Waals surface area (Å²) in [6, 6.07) is 2.77. The molecule has 0 amide bonds. The van der Waals surface area contributed by atoms with Crippen molar-refractivity contribution >= 4 is 0 Å². The van der Waals surface area contributed by atoms with Crippen molar-refractivity contribution in [3.05, 3.63) is 35.1 Å². The molecule has 1 aromatic carbocycles. The number of rotatable bonds is 2. The third-order valence-electron chi connectivity index (χ3n) is 2.45. The lowest BCUT2D eigenvalue weighted by Crippen LogP contribution is -2.23. The summed E-state index contributed by atoms with van der Waals surface area (Å²) in [5.41, 5.74) is -1.87. The molecular weight excluding hydrogens is 224 g/mol. The largest absolute Gasteiger partial charge is 0.419 e. The molecule has 1 N–H and O–H groups in total. The van der Waals surface area contributed by atoms with Gasteiger partial charge in [0.25, 0.3) is 0 Å². The molecule has 90 valence electrons. The van der Waals surface area contributed by atoms with Crippen LogP contribution in [0.2, 0.25) is 0 Å². The average molecular weight is 236 g/mol. The van der Waals surface area contributed by atoms with Crippen LogP contribution in [0.15, 0.2) is 18.2 Å². The van der Waals surface area contributed by atoms with Crippen LogP contribution >= 0.6 is 0 Å². The lowest BCUT2D eigenvalue weighted by molar-refractivity contribution is -0.140. The Balaban J connectivity index is 3.29. The molecule has 0 aliphatic rings. The van der Waals surface area contributed by atoms with E-state index in [2.05, 4.69) is 0 Å². The minimum atomic E-state index is -4.72. The van der Waals surface area contributed by atoms with Gasteiger partial charge in [-0.3, -0.25) is 0 Å². The first-order chi connectivity index (χ1) is 7.18. The number of aliphatic hydroxyl groups is 1. The van der Waals surface area contributed by atoms with E-state index in [4.69, 9.17) is 5.11 Å². The van der Waals surface area contributed by atoms with Crippen molar-refractivity contribution in [2.24, 2.45) is 0 Å². The highest BCUT2D eigenvalue weighted by Gasteiger charge is 2.35. The fourth-order valence-electron chi connectivity index (χ4n) is 1.25. The summed E-state index contributed by atoms with van der Waals surface area (Å²) in [6.45, 7) is 2.86. The number of hydrogen-bond acceptors (Lipinski definition) is 1. The van der Waals surface area contributed by atoms with Crippen LogP contribution in [0, 0.1) is 5.82 Å². The van der Waals surface area contributed by atoms with Gasteiger partial charge in [0.2, 0.25) is 0 Å². The summed E-state index contributed by atoms with van der Waals surface area (Å²) in [5, 5.41) is 9.04. The Morgan fingerprint density at radius 2 is 1.75 bits per heavy atom. The van der Waals surface area contributed by atoms with Gasteiger partial charge in [-0.1, -0.05) is 19.9 Å². The van der Waals surface area contributed by atoms with Gasteiger partial charge in [-0.05, 0) is 17.7 Å². The summed E-state index contributed by atoms with van der Waals surface area (Å²) in [6.07, 6.45) is -4.72. The van der Waals surface area contributed by atoms with Crippen molar-refractivity contribution in [3.8, 4) is 0 Å². The zero-order chi connectivity index (χ0) is 12.6. The second kappa shape index (κ2) is 4.05. The molecule has 0 heterocycles. The fraction of sp³-hybridized carbons (Fsp3) is 0.455. The van der Waals surface area contributed by atoms with E-state index in [1.165, 1.54) is 6.07 Å². The first-order valence-corrected chi connectivity index (χ1v) is 4.66. The van der Waals surface area contributed by atoms with E-state index in [9.17, 15) is 17.6 Å². The molecule has 5 heteroatoms. The first kappa shape index (κ1) is 13.0. The maximum atomic E-state index is 13.0. The molecule has 0 spiro atoms. The van der Waals surface area contributed by atoms with Crippen LogP contribution in [0.5, 0.6) is 0 Å². The predicted molar refractivity (Wildman–Crippen MR) is 51.5 cm³/mol. The molecule has 1 aromatic rings. The molecule has 0 atom stereocenters. The lowest BCUT2D eigenvalue weighted by Gasteiger charge is -2.23. The van der Waals surface area contributed by atoms with Crippen molar-refractivity contribution in [1.29, 1.82) is 0 Å². The average Bonchev–Trinajstić information content (AvgIpc) is 2.16. The van der Waals surface area contributed by atoms with Crippen LogP contribution in [0.1, 0.15) is 25.0 Å². The van der Waals surface area contributed by atoms with Gasteiger partial charge in [-0.25, -0.2) is 4.39 Å². The van der Waals surface area contributed by atoms with E-state index in [-0.39, 0.29) is 12.2 Å². The standard InChI is InChI=1S/C11H12F4O/c1-10(2,6-16)7-3-4-9(12)8(5-7)11(13,14)15/h3-5,16H,6H2,1-2H3. The monoisotopic (exact) mass is 236 g/mol. The van der Waals surface area contributed by atoms with Gasteiger partial charge in [0.1, 0.15) is 5.82 Å². The van der Waals surface area contributed by atoms with Gasteiger partial charge >= 0.3 is 6.18 Å². The zero-order valence-electron chi connectivity index (χ0n) is 8.90. The Hall–Kier alpha value is -1.10. The summed E-state index contributed by atoms with van der Waals surface area (Å²) in [4.78, 5) is 0. The van der Waals surface area contributed by atoms with Gasteiger partial charge in [0.15, 0.2) is 0 Å². The number of halogens is 4. The SMILES string of the molecule is CC(C)(CO)c1ccc(F)c(C(F)(F)F)c1. The zero-order valence-corrected chi connectivity index (χ0v) is 8.90. The van der Waals surface area contributed by atoms with E-state index < -0.39 is 23.0 Å². The lowest BCUT2D eigenvalue weighted by atomic mass is 9.84. The van der Waals surface area contributed by atoms with Crippen molar-refractivity contribution in [3.63, 3.8) is 0 Å². The molecule has 1 nitrogen and oxygen atoms in total. The van der Waals surface area contributed by atoms with E-state index in [1.54, 1.807) is 13.8 Å². The molecule has 16 heavy (non-hydrogen) atoms. The topological polar surface area (TPSA) is 20.2 Å². The molecule has 0 bridgehead atoms. The highest BCUT2D eigenvalue weighted by atomic mass is 19.4. The van der Waals surface area contributed by atoms with Gasteiger partial charge < -0.3 is 5.11 Å². The Labute approximate surface area is 90.7 Å². The highest BCUT2D eigenvalue weighted by Crippen LogP contribution is 2.34. The first-order valence-electron chi connectivity index (χ1n) is 4.66. The van der Waals surface area contributed by atoms with E-state index in [0.717, 1.165) is 12.1 Å². The Morgan fingerprint density at radius 1 is 1.19 bits per heavy atom. The number of hydrogen-bond donors (Lipinski definition) is 1. The molecule has 0 unspecified atom stereocenters. The molecule has 0 saturated heterocycles. The summed E-state index contributed by atoms with van der Waals surface area (Å²) in [7, 11) is 0. The minimum Gasteiger partial charge on any atom is -0.395 e. The van der Waals surface area contributed by atoms with E-state index in [1.807, 2.05) is 0 Å². The number of aliphatic hydroxyl groups excluding tert-OH is 1. The van der Waals surface area contributed by atoms with E-state index >= 15 is 0 Å². The van der Waals surface area contributed by atoms with Crippen molar-refractivity contribution in [1.82, 2.24) is 0 Å². The molecule has 0 fully saturated rings. The molecule has 0 radical (unpaired) electrons. The minimum absolute atomic E-state index is 0.253. The predicted octanol–water partition coefficient (Wildman–Crippen LogP) is 3.11. The normalized spacial score (nSPS) is 12.9. The van der Waals surface area contributed by atoms with Crippen molar-refractivity contribution in [2.75, 3.05) is 6.61 Å². The highest BCUT2D eigenvalue weighted by molar-refractivity contribution is 5.32. The van der Waals surface area contributed by atoms with Gasteiger partial charge in [0, 0.05) is 5.41 Å². The van der Waals surface area contributed by atoms with Crippen molar-refractivity contribution in [2.45, 2.75) is 25.4 Å². The van der Waals surface area contributed by atoms with Crippen LogP contribution in [0.3, 0.4) is 0 Å². The van der Waals surface area contributed by atoms with Crippen LogP contribution < -0.4 is 0 Å². The summed E-state index contributed by atoms with van der Waals surface area (Å²) < 4.78 is 50.2. The Kier molecular flexibility index (Phi) is 3.28. The molecule has 1 rings (SSSR count). The summed E-state index contributed by atoms with van der Waals surface area (Å²) >= 11 is 0. The Bertz CT molecular complexity index is 382. The smallest absolute Gasteiger partial charge is 0.395 e. The fourth-order valence-corrected chi connectivity index (χ4v) is 1.25. The maximum Gasteiger partial charge on any atom is 0.419 e. The molecule has 0 saturated carbocycles.